The Hall–Kier alpha value is -1.80. The van der Waals surface area contributed by atoms with E-state index in [0.29, 0.717) is 42.6 Å². The van der Waals surface area contributed by atoms with Gasteiger partial charge in [0.05, 0.1) is 19.5 Å². The summed E-state index contributed by atoms with van der Waals surface area (Å²) in [7, 11) is 1.53. The van der Waals surface area contributed by atoms with E-state index in [0.717, 1.165) is 30.4 Å². The Morgan fingerprint density at radius 3 is 3.00 bits per heavy atom. The minimum Gasteiger partial charge on any atom is -0.396 e. The molecule has 2 unspecified atom stereocenters. The lowest BCUT2D eigenvalue weighted by Crippen LogP contribution is -2.34. The van der Waals surface area contributed by atoms with Gasteiger partial charge >= 0.3 is 0 Å². The highest BCUT2D eigenvalue weighted by atomic mass is 19.1. The Morgan fingerprint density at radius 2 is 2.19 bits per heavy atom. The highest BCUT2D eigenvalue weighted by molar-refractivity contribution is 5.83. The van der Waals surface area contributed by atoms with Crippen molar-refractivity contribution in [3.63, 3.8) is 0 Å². The maximum Gasteiger partial charge on any atom is 0.165 e. The van der Waals surface area contributed by atoms with Crippen LogP contribution in [-0.4, -0.2) is 63.7 Å². The monoisotopic (exact) mass is 375 g/mol. The average molecular weight is 375 g/mol. The summed E-state index contributed by atoms with van der Waals surface area (Å²) in [6.45, 7) is 1.26. The van der Waals surface area contributed by atoms with E-state index in [1.54, 1.807) is 6.33 Å². The van der Waals surface area contributed by atoms with E-state index in [2.05, 4.69) is 19.5 Å². The van der Waals surface area contributed by atoms with Crippen LogP contribution in [0.2, 0.25) is 0 Å². The lowest BCUT2D eigenvalue weighted by molar-refractivity contribution is 0.0571. The molecule has 0 radical (unpaired) electrons. The topological polar surface area (TPSA) is 76.3 Å². The molecule has 2 aliphatic carbocycles. The number of aromatic nitrogens is 4. The zero-order valence-corrected chi connectivity index (χ0v) is 15.6. The predicted octanol–water partition coefficient (Wildman–Crippen LogP) is 1.97. The quantitative estimate of drug-likeness (QED) is 0.861. The number of ether oxygens (including phenoxy) is 1. The van der Waals surface area contributed by atoms with Crippen molar-refractivity contribution < 1.29 is 14.2 Å². The number of hydrogen-bond donors (Lipinski definition) is 1. The Bertz CT molecular complexity index is 845. The molecule has 5 rings (SSSR count). The van der Waals surface area contributed by atoms with Crippen molar-refractivity contribution in [1.82, 2.24) is 19.5 Å². The van der Waals surface area contributed by atoms with Gasteiger partial charge in [0.1, 0.15) is 6.33 Å². The first-order valence-corrected chi connectivity index (χ1v) is 9.83. The Balaban J connectivity index is 1.41. The van der Waals surface area contributed by atoms with E-state index in [1.165, 1.54) is 7.11 Å². The number of nitrogens with zero attached hydrogens (tertiary/aromatic N) is 5. The van der Waals surface area contributed by atoms with Gasteiger partial charge in [0, 0.05) is 32.7 Å². The zero-order chi connectivity index (χ0) is 18.6. The third kappa shape index (κ3) is 2.72. The maximum atomic E-state index is 14.8. The van der Waals surface area contributed by atoms with Gasteiger partial charge in [-0.15, -0.1) is 0 Å². The molecule has 27 heavy (non-hydrogen) atoms. The number of aliphatic hydroxyl groups is 1. The third-order valence-electron chi connectivity index (χ3n) is 6.85. The predicted molar refractivity (Wildman–Crippen MR) is 98.3 cm³/mol. The summed E-state index contributed by atoms with van der Waals surface area (Å²) in [6, 6.07) is 0.395. The number of aliphatic hydroxyl groups excluding tert-OH is 1. The molecule has 3 aliphatic rings. The number of alkyl halides is 1. The lowest BCUT2D eigenvalue weighted by atomic mass is 9.71. The molecule has 146 valence electrons. The van der Waals surface area contributed by atoms with Crippen LogP contribution in [0.5, 0.6) is 0 Å². The summed E-state index contributed by atoms with van der Waals surface area (Å²) in [5.74, 6) is 2.47. The molecule has 0 amide bonds. The molecule has 2 saturated carbocycles. The Kier molecular flexibility index (Phi) is 4.09. The van der Waals surface area contributed by atoms with Gasteiger partial charge in [-0.1, -0.05) is 0 Å². The number of rotatable bonds is 5. The van der Waals surface area contributed by atoms with Crippen LogP contribution < -0.4 is 4.90 Å². The molecule has 2 aromatic rings. The third-order valence-corrected chi connectivity index (χ3v) is 6.85. The fourth-order valence-electron chi connectivity index (χ4n) is 5.48. The number of fused-ring (bicyclic) bond motifs is 2. The molecule has 1 aliphatic heterocycles. The molecule has 3 fully saturated rings. The molecule has 2 aromatic heterocycles. The summed E-state index contributed by atoms with van der Waals surface area (Å²) in [6.07, 6.45) is 7.20. The van der Waals surface area contributed by atoms with Crippen molar-refractivity contribution in [2.24, 2.45) is 17.8 Å². The molecule has 0 bridgehead atoms. The molecule has 5 atom stereocenters. The fraction of sp³-hybridized carbons (Fsp3) is 0.737. The van der Waals surface area contributed by atoms with Crippen LogP contribution in [0.15, 0.2) is 12.7 Å². The summed E-state index contributed by atoms with van der Waals surface area (Å²) in [4.78, 5) is 15.5. The van der Waals surface area contributed by atoms with Gasteiger partial charge < -0.3 is 19.3 Å². The molecule has 8 heteroatoms. The van der Waals surface area contributed by atoms with Crippen LogP contribution >= 0.6 is 0 Å². The van der Waals surface area contributed by atoms with Gasteiger partial charge in [-0.2, -0.15) is 0 Å². The van der Waals surface area contributed by atoms with Crippen LogP contribution in [0.25, 0.3) is 11.2 Å². The van der Waals surface area contributed by atoms with E-state index in [1.807, 2.05) is 11.2 Å². The number of methoxy groups -OCH3 is 1. The van der Waals surface area contributed by atoms with E-state index in [-0.39, 0.29) is 19.8 Å². The first-order chi connectivity index (χ1) is 13.1. The smallest absolute Gasteiger partial charge is 0.165 e. The van der Waals surface area contributed by atoms with E-state index in [9.17, 15) is 9.50 Å². The maximum absolute atomic E-state index is 14.8. The first kappa shape index (κ1) is 17.3. The molecular formula is C19H26FN5O2. The number of halogens is 1. The van der Waals surface area contributed by atoms with E-state index < -0.39 is 5.67 Å². The standard InChI is InChI=1S/C19H26FN5O2/c1-27-9-19(20)2-3-24(8-19)17-16-18(22-10-21-17)25(11-23-16)15-6-13-4-12(7-26)5-14(13)15/h10-15,26H,2-9H2,1H3/t12?,13-,14-,15+,19?/m0/s1. The Morgan fingerprint density at radius 1 is 1.30 bits per heavy atom. The van der Waals surface area contributed by atoms with Crippen LogP contribution in [0.1, 0.15) is 31.7 Å². The second-order valence-electron chi connectivity index (χ2n) is 8.52. The van der Waals surface area contributed by atoms with Crippen LogP contribution in [0.3, 0.4) is 0 Å². The molecule has 3 heterocycles. The number of anilines is 1. The van der Waals surface area contributed by atoms with Gasteiger partial charge in [-0.25, -0.2) is 19.3 Å². The molecule has 1 saturated heterocycles. The molecular weight excluding hydrogens is 349 g/mol. The summed E-state index contributed by atoms with van der Waals surface area (Å²) >= 11 is 0. The molecule has 1 N–H and O–H groups in total. The summed E-state index contributed by atoms with van der Waals surface area (Å²) in [5.41, 5.74) is 0.247. The first-order valence-electron chi connectivity index (χ1n) is 9.83. The normalized spacial score (nSPS) is 35.6. The van der Waals surface area contributed by atoms with Gasteiger partial charge in [0.25, 0.3) is 0 Å². The van der Waals surface area contributed by atoms with E-state index >= 15 is 0 Å². The van der Waals surface area contributed by atoms with Crippen molar-refractivity contribution in [1.29, 1.82) is 0 Å². The summed E-state index contributed by atoms with van der Waals surface area (Å²) in [5, 5.41) is 9.47. The zero-order valence-electron chi connectivity index (χ0n) is 15.6. The van der Waals surface area contributed by atoms with Gasteiger partial charge in [0.15, 0.2) is 22.7 Å². The van der Waals surface area contributed by atoms with Crippen molar-refractivity contribution in [3.05, 3.63) is 12.7 Å². The highest BCUT2D eigenvalue weighted by Crippen LogP contribution is 2.56. The van der Waals surface area contributed by atoms with E-state index in [4.69, 9.17) is 4.74 Å². The molecule has 7 nitrogen and oxygen atoms in total. The van der Waals surface area contributed by atoms with Crippen LogP contribution in [0, 0.1) is 17.8 Å². The van der Waals surface area contributed by atoms with Crippen molar-refractivity contribution >= 4 is 17.0 Å². The van der Waals surface area contributed by atoms with Gasteiger partial charge in [0.2, 0.25) is 0 Å². The largest absolute Gasteiger partial charge is 0.396 e. The second kappa shape index (κ2) is 6.38. The number of imidazole rings is 1. The minimum atomic E-state index is -1.33. The molecule has 0 spiro atoms. The lowest BCUT2D eigenvalue weighted by Gasteiger charge is -2.41. The molecule has 0 aromatic carbocycles. The van der Waals surface area contributed by atoms with Crippen molar-refractivity contribution in [2.45, 2.75) is 37.4 Å². The average Bonchev–Trinajstić information content (AvgIpc) is 3.33. The second-order valence-corrected chi connectivity index (χ2v) is 8.52. The Labute approximate surface area is 157 Å². The van der Waals surface area contributed by atoms with Crippen LogP contribution in [0.4, 0.5) is 10.2 Å². The van der Waals surface area contributed by atoms with Gasteiger partial charge in [-0.05, 0) is 37.0 Å². The van der Waals surface area contributed by atoms with Crippen molar-refractivity contribution in [3.8, 4) is 0 Å². The van der Waals surface area contributed by atoms with Gasteiger partial charge in [-0.3, -0.25) is 0 Å². The highest BCUT2D eigenvalue weighted by Gasteiger charge is 2.48. The summed E-state index contributed by atoms with van der Waals surface area (Å²) < 4.78 is 22.0. The fourth-order valence-corrected chi connectivity index (χ4v) is 5.48. The van der Waals surface area contributed by atoms with Crippen molar-refractivity contribution in [2.75, 3.05) is 38.3 Å². The van der Waals surface area contributed by atoms with Crippen LogP contribution in [-0.2, 0) is 4.74 Å². The number of hydrogen-bond acceptors (Lipinski definition) is 6. The minimum absolute atomic E-state index is 0.101. The SMILES string of the molecule is COCC1(F)CCN(c2ncnc3c2ncn3[C@@H]2C[C@@H]3CC(CO)C[C@@H]32)C1.